The van der Waals surface area contributed by atoms with Crippen molar-refractivity contribution in [3.8, 4) is 11.3 Å². The molecule has 1 amide bonds. The maximum atomic E-state index is 13.6. The molecule has 0 aliphatic carbocycles. The number of aliphatic hydroxyl groups excluding tert-OH is 1. The Balaban J connectivity index is 1.50. The molecule has 0 saturated heterocycles. The van der Waals surface area contributed by atoms with Crippen molar-refractivity contribution in [3.63, 3.8) is 0 Å². The zero-order valence-electron chi connectivity index (χ0n) is 22.9. The normalized spacial score (nSPS) is 12.8. The molecule has 5 rings (SSSR count). The van der Waals surface area contributed by atoms with Gasteiger partial charge in [0.15, 0.2) is 11.6 Å². The maximum absolute atomic E-state index is 13.6. The molecule has 0 radical (unpaired) electrons. The SMILES string of the molecule is CC(=O)Cn1cc(Nc2nc(-c3cccc(N4CCc5cc(N(C)C)ccc5C4=O)c3CO)cn(C)c2=O)cn1. The molecule has 0 spiro atoms. The number of nitrogens with zero attached hydrogens (tertiary/aromatic N) is 6. The third-order valence-electron chi connectivity index (χ3n) is 6.91. The third-order valence-corrected chi connectivity index (χ3v) is 6.91. The first-order valence-corrected chi connectivity index (χ1v) is 12.9. The Morgan fingerprint density at radius 1 is 1.12 bits per heavy atom. The number of ketones is 1. The topological polar surface area (TPSA) is 126 Å². The van der Waals surface area contributed by atoms with Crippen molar-refractivity contribution >= 4 is 34.6 Å². The quantitative estimate of drug-likeness (QED) is 0.349. The molecule has 3 heterocycles. The van der Waals surface area contributed by atoms with Crippen LogP contribution in [-0.2, 0) is 31.4 Å². The number of aliphatic hydroxyl groups is 1. The number of hydrogen-bond acceptors (Lipinski definition) is 8. The number of aryl methyl sites for hydroxylation is 1. The van der Waals surface area contributed by atoms with Crippen molar-refractivity contribution in [1.29, 1.82) is 0 Å². The van der Waals surface area contributed by atoms with E-state index < -0.39 is 0 Å². The average molecular weight is 542 g/mol. The van der Waals surface area contributed by atoms with Gasteiger partial charge >= 0.3 is 0 Å². The van der Waals surface area contributed by atoms with E-state index in [9.17, 15) is 19.5 Å². The van der Waals surface area contributed by atoms with Crippen LogP contribution in [0.1, 0.15) is 28.4 Å². The van der Waals surface area contributed by atoms with Crippen molar-refractivity contribution in [3.05, 3.63) is 82.0 Å². The van der Waals surface area contributed by atoms with E-state index >= 15 is 0 Å². The molecule has 0 bridgehead atoms. The molecule has 4 aromatic rings. The number of carbonyl (C=O) groups excluding carboxylic acids is 2. The minimum Gasteiger partial charge on any atom is -0.392 e. The van der Waals surface area contributed by atoms with Gasteiger partial charge in [0.05, 0.1) is 36.4 Å². The minimum absolute atomic E-state index is 0.0453. The van der Waals surface area contributed by atoms with Crippen LogP contribution in [0.15, 0.2) is 59.8 Å². The predicted octanol–water partition coefficient (Wildman–Crippen LogP) is 2.74. The molecule has 2 N–H and O–H groups in total. The summed E-state index contributed by atoms with van der Waals surface area (Å²) in [4.78, 5) is 46.1. The van der Waals surface area contributed by atoms with Crippen LogP contribution >= 0.6 is 0 Å². The Kier molecular flexibility index (Phi) is 7.22. The van der Waals surface area contributed by atoms with E-state index in [1.165, 1.54) is 22.4 Å². The number of carbonyl (C=O) groups is 2. The number of nitrogens with one attached hydrogen (secondary N) is 1. The molecule has 11 heteroatoms. The van der Waals surface area contributed by atoms with E-state index in [0.717, 1.165) is 11.3 Å². The highest BCUT2D eigenvalue weighted by atomic mass is 16.3. The Morgan fingerprint density at radius 3 is 2.65 bits per heavy atom. The highest BCUT2D eigenvalue weighted by molar-refractivity contribution is 6.09. The monoisotopic (exact) mass is 541 g/mol. The molecule has 0 fully saturated rings. The fourth-order valence-electron chi connectivity index (χ4n) is 4.91. The van der Waals surface area contributed by atoms with Gasteiger partial charge in [0.1, 0.15) is 0 Å². The number of Topliss-reactive ketones (excluding diaryl/α,β-unsaturated/α-hetero) is 1. The molecule has 11 nitrogen and oxygen atoms in total. The third kappa shape index (κ3) is 5.10. The summed E-state index contributed by atoms with van der Waals surface area (Å²) in [6.45, 7) is 1.74. The van der Waals surface area contributed by atoms with Crippen LogP contribution in [0.3, 0.4) is 0 Å². The first-order valence-electron chi connectivity index (χ1n) is 12.9. The van der Waals surface area contributed by atoms with Gasteiger partial charge < -0.3 is 24.8 Å². The summed E-state index contributed by atoms with van der Waals surface area (Å²) in [5.41, 5.74) is 5.02. The van der Waals surface area contributed by atoms with Crippen molar-refractivity contribution in [2.75, 3.05) is 35.8 Å². The summed E-state index contributed by atoms with van der Waals surface area (Å²) in [6, 6.07) is 11.3. The Labute approximate surface area is 231 Å². The largest absolute Gasteiger partial charge is 0.392 e. The van der Waals surface area contributed by atoms with Gasteiger partial charge in [-0.1, -0.05) is 12.1 Å². The van der Waals surface area contributed by atoms with E-state index in [4.69, 9.17) is 0 Å². The second-order valence-electron chi connectivity index (χ2n) is 10.0. The summed E-state index contributed by atoms with van der Waals surface area (Å²) >= 11 is 0. The van der Waals surface area contributed by atoms with Crippen molar-refractivity contribution < 1.29 is 14.7 Å². The average Bonchev–Trinajstić information content (AvgIpc) is 3.36. The number of rotatable bonds is 8. The zero-order valence-corrected chi connectivity index (χ0v) is 22.9. The van der Waals surface area contributed by atoms with Gasteiger partial charge in [-0.15, -0.1) is 0 Å². The molecule has 0 unspecified atom stereocenters. The van der Waals surface area contributed by atoms with Crippen LogP contribution in [0, 0.1) is 0 Å². The maximum Gasteiger partial charge on any atom is 0.293 e. The van der Waals surface area contributed by atoms with Crippen LogP contribution < -0.4 is 20.7 Å². The summed E-state index contributed by atoms with van der Waals surface area (Å²) in [5.74, 6) is -0.107. The second-order valence-corrected chi connectivity index (χ2v) is 10.0. The number of fused-ring (bicyclic) bond motifs is 1. The first kappa shape index (κ1) is 26.8. The molecule has 2 aromatic carbocycles. The Bertz CT molecular complexity index is 1670. The molecule has 1 aliphatic rings. The van der Waals surface area contributed by atoms with Gasteiger partial charge in [-0.05, 0) is 43.2 Å². The lowest BCUT2D eigenvalue weighted by atomic mass is 9.95. The summed E-state index contributed by atoms with van der Waals surface area (Å²) < 4.78 is 2.88. The highest BCUT2D eigenvalue weighted by Crippen LogP contribution is 2.34. The molecular weight excluding hydrogens is 510 g/mol. The van der Waals surface area contributed by atoms with E-state index in [1.807, 2.05) is 55.4 Å². The fourth-order valence-corrected chi connectivity index (χ4v) is 4.91. The number of benzene rings is 2. The Morgan fingerprint density at radius 2 is 1.93 bits per heavy atom. The number of amides is 1. The minimum atomic E-state index is -0.357. The van der Waals surface area contributed by atoms with Crippen LogP contribution in [-0.4, -0.2) is 56.8 Å². The fraction of sp³-hybridized carbons (Fsp3) is 0.276. The van der Waals surface area contributed by atoms with Crippen LogP contribution in [0.4, 0.5) is 22.9 Å². The molecule has 40 heavy (non-hydrogen) atoms. The van der Waals surface area contributed by atoms with Crippen LogP contribution in [0.2, 0.25) is 0 Å². The molecular formula is C29H31N7O4. The van der Waals surface area contributed by atoms with Gasteiger partial charge in [-0.25, -0.2) is 4.98 Å². The van der Waals surface area contributed by atoms with Gasteiger partial charge in [0, 0.05) is 62.5 Å². The van der Waals surface area contributed by atoms with E-state index in [2.05, 4.69) is 15.4 Å². The van der Waals surface area contributed by atoms with Crippen molar-refractivity contribution in [2.24, 2.45) is 7.05 Å². The van der Waals surface area contributed by atoms with Crippen LogP contribution in [0.5, 0.6) is 0 Å². The standard InChI is InChI=1S/C29H31N7O4/c1-18(38)14-35-15-20(13-30-35)31-27-29(40)34(4)16-25(32-27)23-6-5-7-26(24(23)17-37)36-11-10-19-12-21(33(2)3)8-9-22(19)28(36)39/h5-9,12-13,15-16,37H,10-11,14,17H2,1-4H3,(H,31,32). The Hall–Kier alpha value is -4.77. The zero-order chi connectivity index (χ0) is 28.6. The molecule has 0 atom stereocenters. The molecule has 206 valence electrons. The molecule has 1 aliphatic heterocycles. The van der Waals surface area contributed by atoms with Gasteiger partial charge in [-0.3, -0.25) is 19.1 Å². The number of aromatic nitrogens is 4. The summed E-state index contributed by atoms with van der Waals surface area (Å²) in [7, 11) is 5.55. The summed E-state index contributed by atoms with van der Waals surface area (Å²) in [6.07, 6.45) is 5.41. The summed E-state index contributed by atoms with van der Waals surface area (Å²) in [5, 5.41) is 17.6. The first-order chi connectivity index (χ1) is 19.2. The van der Waals surface area contributed by atoms with Crippen molar-refractivity contribution in [1.82, 2.24) is 19.3 Å². The lowest BCUT2D eigenvalue weighted by molar-refractivity contribution is -0.117. The van der Waals surface area contributed by atoms with E-state index in [1.54, 1.807) is 24.3 Å². The van der Waals surface area contributed by atoms with Gasteiger partial charge in [-0.2, -0.15) is 5.10 Å². The van der Waals surface area contributed by atoms with Gasteiger partial charge in [0.25, 0.3) is 11.5 Å². The van der Waals surface area contributed by atoms with E-state index in [0.29, 0.717) is 46.7 Å². The smallest absolute Gasteiger partial charge is 0.293 e. The van der Waals surface area contributed by atoms with Gasteiger partial charge in [0.2, 0.25) is 0 Å². The second kappa shape index (κ2) is 10.8. The van der Waals surface area contributed by atoms with Crippen LogP contribution in [0.25, 0.3) is 11.3 Å². The molecule has 2 aromatic heterocycles. The lowest BCUT2D eigenvalue weighted by Crippen LogP contribution is -2.38. The van der Waals surface area contributed by atoms with E-state index in [-0.39, 0.29) is 36.2 Å². The number of hydrogen-bond donors (Lipinski definition) is 2. The number of anilines is 4. The highest BCUT2D eigenvalue weighted by Gasteiger charge is 2.28. The lowest BCUT2D eigenvalue weighted by Gasteiger charge is -2.31. The van der Waals surface area contributed by atoms with Crippen molar-refractivity contribution in [2.45, 2.75) is 26.5 Å². The predicted molar refractivity (Wildman–Crippen MR) is 153 cm³/mol. The molecule has 0 saturated carbocycles.